The fourth-order valence-corrected chi connectivity index (χ4v) is 7.68. The van der Waals surface area contributed by atoms with Crippen molar-refractivity contribution in [1.82, 2.24) is 0 Å². The molecule has 0 aromatic rings. The number of allylic oxidation sites excluding steroid dienone is 22. The summed E-state index contributed by atoms with van der Waals surface area (Å²) in [5.41, 5.74) is 0. The van der Waals surface area contributed by atoms with Gasteiger partial charge in [-0.25, -0.2) is 0 Å². The molecular formula is C67H108O6. The van der Waals surface area contributed by atoms with Crippen molar-refractivity contribution in [3.8, 4) is 0 Å². The van der Waals surface area contributed by atoms with Gasteiger partial charge in [-0.3, -0.25) is 14.4 Å². The van der Waals surface area contributed by atoms with Crippen LogP contribution in [0.1, 0.15) is 252 Å². The molecule has 0 radical (unpaired) electrons. The zero-order chi connectivity index (χ0) is 52.9. The van der Waals surface area contributed by atoms with Crippen molar-refractivity contribution >= 4 is 17.9 Å². The largest absolute Gasteiger partial charge is 0.462 e. The Morgan fingerprint density at radius 2 is 0.562 bits per heavy atom. The molecule has 0 fully saturated rings. The molecule has 0 saturated heterocycles. The molecule has 0 rings (SSSR count). The average Bonchev–Trinajstić information content (AvgIpc) is 3.39. The molecule has 0 aromatic heterocycles. The van der Waals surface area contributed by atoms with Crippen LogP contribution in [0, 0.1) is 0 Å². The Morgan fingerprint density at radius 1 is 0.288 bits per heavy atom. The fourth-order valence-electron chi connectivity index (χ4n) is 7.68. The summed E-state index contributed by atoms with van der Waals surface area (Å²) in [4.78, 5) is 38.2. The minimum absolute atomic E-state index is 0.121. The van der Waals surface area contributed by atoms with Gasteiger partial charge in [0.25, 0.3) is 0 Å². The minimum atomic E-state index is -0.833. The maximum atomic E-state index is 12.9. The third-order valence-corrected chi connectivity index (χ3v) is 12.1. The molecule has 6 nitrogen and oxygen atoms in total. The van der Waals surface area contributed by atoms with Crippen molar-refractivity contribution in [1.29, 1.82) is 0 Å². The van der Waals surface area contributed by atoms with Gasteiger partial charge in [0.05, 0.1) is 0 Å². The SMILES string of the molecule is CC/C=C\C/C=C\C/C=C\C/C=C\C/C=C\C/C=C\CCC(=O)OC[C@@H](COC(=O)CCCCCCCCC/C=C\CCCCCCCC)OC(=O)CCCCC/C=C\C/C=C\C/C=C\C/C=C\CCCCC. The van der Waals surface area contributed by atoms with Gasteiger partial charge in [-0.1, -0.05) is 238 Å². The summed E-state index contributed by atoms with van der Waals surface area (Å²) in [7, 11) is 0. The lowest BCUT2D eigenvalue weighted by Crippen LogP contribution is -2.30. The van der Waals surface area contributed by atoms with E-state index in [-0.39, 0.29) is 44.0 Å². The van der Waals surface area contributed by atoms with Crippen molar-refractivity contribution in [3.05, 3.63) is 134 Å². The van der Waals surface area contributed by atoms with Gasteiger partial charge in [0.1, 0.15) is 13.2 Å². The van der Waals surface area contributed by atoms with Crippen LogP contribution >= 0.6 is 0 Å². The molecule has 1 atom stereocenters. The summed E-state index contributed by atoms with van der Waals surface area (Å²) in [6, 6.07) is 0. The van der Waals surface area contributed by atoms with Crippen LogP contribution in [0.2, 0.25) is 0 Å². The first kappa shape index (κ1) is 68.6. The van der Waals surface area contributed by atoms with Gasteiger partial charge in [-0.05, 0) is 128 Å². The second-order valence-corrected chi connectivity index (χ2v) is 19.2. The minimum Gasteiger partial charge on any atom is -0.462 e. The summed E-state index contributed by atoms with van der Waals surface area (Å²) in [5.74, 6) is -1.05. The van der Waals surface area contributed by atoms with Gasteiger partial charge in [-0.15, -0.1) is 0 Å². The summed E-state index contributed by atoms with van der Waals surface area (Å²) < 4.78 is 16.8. The lowest BCUT2D eigenvalue weighted by atomic mass is 10.1. The number of unbranched alkanes of at least 4 members (excludes halogenated alkanes) is 19. The number of esters is 3. The standard InChI is InChI=1S/C67H108O6/c1-4-7-10-13-16-19-22-25-28-31-33-36-39-42-45-48-51-54-57-60-66(69)72-63-64(62-71-65(68)59-56-53-50-47-44-41-38-35-30-27-24-21-18-15-12-9-6-3)73-67(70)61-58-55-52-49-46-43-40-37-34-32-29-26-23-20-17-14-11-8-5-2/h7,10,16-17,19-20,25-30,33-34,36-37,42-43,45-46,51,54,64H,4-6,8-9,11-15,18,21-24,31-32,35,38-41,44,47-50,52-53,55-63H2,1-3H3/b10-7-,19-16-,20-17-,28-25-,29-26-,30-27-,36-33-,37-34-,45-42-,46-43-,54-51-/t64-/m1/s1. The van der Waals surface area contributed by atoms with E-state index in [0.29, 0.717) is 19.3 Å². The highest BCUT2D eigenvalue weighted by Crippen LogP contribution is 2.13. The highest BCUT2D eigenvalue weighted by atomic mass is 16.6. The van der Waals surface area contributed by atoms with Crippen LogP contribution < -0.4 is 0 Å². The van der Waals surface area contributed by atoms with Crippen molar-refractivity contribution in [3.63, 3.8) is 0 Å². The van der Waals surface area contributed by atoms with Crippen LogP contribution in [-0.2, 0) is 28.6 Å². The van der Waals surface area contributed by atoms with Gasteiger partial charge in [-0.2, -0.15) is 0 Å². The maximum absolute atomic E-state index is 12.9. The van der Waals surface area contributed by atoms with E-state index in [4.69, 9.17) is 14.2 Å². The lowest BCUT2D eigenvalue weighted by Gasteiger charge is -2.18. The third-order valence-electron chi connectivity index (χ3n) is 12.1. The molecule has 0 heterocycles. The Morgan fingerprint density at radius 3 is 0.973 bits per heavy atom. The van der Waals surface area contributed by atoms with E-state index in [2.05, 4.69) is 142 Å². The molecule has 0 bridgehead atoms. The Bertz CT molecular complexity index is 1580. The quantitative estimate of drug-likeness (QED) is 0.0261. The fraction of sp³-hybridized carbons (Fsp3) is 0.627. The number of hydrogen-bond acceptors (Lipinski definition) is 6. The summed E-state index contributed by atoms with van der Waals surface area (Å²) in [6.45, 7) is 6.40. The van der Waals surface area contributed by atoms with Gasteiger partial charge in [0, 0.05) is 19.3 Å². The van der Waals surface area contributed by atoms with Crippen LogP contribution in [0.15, 0.2) is 134 Å². The van der Waals surface area contributed by atoms with Gasteiger partial charge in [0.2, 0.25) is 0 Å². The van der Waals surface area contributed by atoms with Crippen molar-refractivity contribution in [2.24, 2.45) is 0 Å². The Hall–Kier alpha value is -4.45. The predicted octanol–water partition coefficient (Wildman–Crippen LogP) is 20.2. The van der Waals surface area contributed by atoms with Crippen molar-refractivity contribution < 1.29 is 28.6 Å². The first-order valence-electron chi connectivity index (χ1n) is 29.7. The van der Waals surface area contributed by atoms with E-state index in [9.17, 15) is 14.4 Å². The number of hydrogen-bond donors (Lipinski definition) is 0. The molecule has 0 amide bonds. The van der Waals surface area contributed by atoms with Crippen LogP contribution in [0.3, 0.4) is 0 Å². The van der Waals surface area contributed by atoms with E-state index in [1.54, 1.807) is 0 Å². The van der Waals surface area contributed by atoms with E-state index in [0.717, 1.165) is 96.3 Å². The highest BCUT2D eigenvalue weighted by molar-refractivity contribution is 5.71. The second kappa shape index (κ2) is 60.1. The first-order chi connectivity index (χ1) is 36.0. The van der Waals surface area contributed by atoms with Gasteiger partial charge < -0.3 is 14.2 Å². The molecule has 0 aliphatic rings. The highest BCUT2D eigenvalue weighted by Gasteiger charge is 2.19. The maximum Gasteiger partial charge on any atom is 0.306 e. The number of rotatable bonds is 52. The monoisotopic (exact) mass is 1010 g/mol. The molecule has 6 heteroatoms. The van der Waals surface area contributed by atoms with Crippen LogP contribution in [0.25, 0.3) is 0 Å². The lowest BCUT2D eigenvalue weighted by molar-refractivity contribution is -0.166. The Kier molecular flexibility index (Phi) is 56.4. The zero-order valence-corrected chi connectivity index (χ0v) is 47.1. The summed E-state index contributed by atoms with van der Waals surface area (Å²) >= 11 is 0. The third kappa shape index (κ3) is 58.3. The van der Waals surface area contributed by atoms with Crippen molar-refractivity contribution in [2.45, 2.75) is 258 Å². The second-order valence-electron chi connectivity index (χ2n) is 19.2. The molecule has 0 aliphatic heterocycles. The van der Waals surface area contributed by atoms with Crippen LogP contribution in [0.4, 0.5) is 0 Å². The summed E-state index contributed by atoms with van der Waals surface area (Å²) in [5, 5.41) is 0. The van der Waals surface area contributed by atoms with E-state index >= 15 is 0 Å². The van der Waals surface area contributed by atoms with Gasteiger partial charge >= 0.3 is 17.9 Å². The topological polar surface area (TPSA) is 78.9 Å². The molecule has 0 aliphatic carbocycles. The van der Waals surface area contributed by atoms with E-state index in [1.807, 2.05) is 12.2 Å². The van der Waals surface area contributed by atoms with E-state index < -0.39 is 6.10 Å². The molecule has 0 unspecified atom stereocenters. The van der Waals surface area contributed by atoms with E-state index in [1.165, 1.54) is 103 Å². The first-order valence-corrected chi connectivity index (χ1v) is 29.7. The van der Waals surface area contributed by atoms with Crippen LogP contribution in [0.5, 0.6) is 0 Å². The van der Waals surface area contributed by atoms with Crippen molar-refractivity contribution in [2.75, 3.05) is 13.2 Å². The Labute approximate surface area is 449 Å². The molecule has 0 N–H and O–H groups in total. The zero-order valence-electron chi connectivity index (χ0n) is 47.1. The predicted molar refractivity (Wildman–Crippen MR) is 316 cm³/mol. The normalized spacial score (nSPS) is 13.1. The smallest absolute Gasteiger partial charge is 0.306 e. The molecule has 73 heavy (non-hydrogen) atoms. The number of ether oxygens (including phenoxy) is 3. The van der Waals surface area contributed by atoms with Crippen LogP contribution in [-0.4, -0.2) is 37.2 Å². The number of carbonyl (C=O) groups excluding carboxylic acids is 3. The molecule has 412 valence electrons. The molecule has 0 spiro atoms. The average molecular weight is 1010 g/mol. The molecular weight excluding hydrogens is 901 g/mol. The Balaban J connectivity index is 4.59. The number of carbonyl (C=O) groups is 3. The molecule has 0 saturated carbocycles. The molecule has 0 aromatic carbocycles. The summed E-state index contributed by atoms with van der Waals surface area (Å²) in [6.07, 6.45) is 84.5. The van der Waals surface area contributed by atoms with Gasteiger partial charge in [0.15, 0.2) is 6.10 Å².